The van der Waals surface area contributed by atoms with E-state index in [1.807, 2.05) is 4.90 Å². The first kappa shape index (κ1) is 14.2. The molecular formula is C14H24N2O3. The van der Waals surface area contributed by atoms with Gasteiger partial charge in [-0.05, 0) is 38.0 Å². The maximum Gasteiger partial charge on any atom is 0.326 e. The van der Waals surface area contributed by atoms with E-state index in [2.05, 4.69) is 5.32 Å². The van der Waals surface area contributed by atoms with E-state index in [0.717, 1.165) is 19.4 Å². The Bertz CT molecular complexity index is 344. The van der Waals surface area contributed by atoms with Gasteiger partial charge in [-0.1, -0.05) is 19.8 Å². The molecule has 5 heteroatoms. The third-order valence-electron chi connectivity index (χ3n) is 4.51. The number of aliphatic carboxylic acids is 1. The van der Waals surface area contributed by atoms with Gasteiger partial charge in [-0.2, -0.15) is 0 Å². The Morgan fingerprint density at radius 1 is 1.26 bits per heavy atom. The fraction of sp³-hybridized carbons (Fsp3) is 0.857. The Labute approximate surface area is 114 Å². The van der Waals surface area contributed by atoms with Gasteiger partial charge in [-0.25, -0.2) is 9.59 Å². The first-order valence-corrected chi connectivity index (χ1v) is 7.43. The molecule has 2 aliphatic rings. The van der Waals surface area contributed by atoms with Crippen LogP contribution in [-0.4, -0.2) is 40.6 Å². The number of hydrogen-bond acceptors (Lipinski definition) is 2. The maximum absolute atomic E-state index is 12.3. The molecule has 3 atom stereocenters. The summed E-state index contributed by atoms with van der Waals surface area (Å²) < 4.78 is 0. The van der Waals surface area contributed by atoms with Crippen molar-refractivity contribution in [2.45, 2.75) is 64.0 Å². The quantitative estimate of drug-likeness (QED) is 0.824. The van der Waals surface area contributed by atoms with Crippen LogP contribution in [-0.2, 0) is 4.79 Å². The first-order chi connectivity index (χ1) is 9.13. The molecule has 0 radical (unpaired) electrons. The molecular weight excluding hydrogens is 244 g/mol. The van der Waals surface area contributed by atoms with Crippen molar-refractivity contribution < 1.29 is 14.7 Å². The highest BCUT2D eigenvalue weighted by Gasteiger charge is 2.36. The smallest absolute Gasteiger partial charge is 0.326 e. The second kappa shape index (κ2) is 6.26. The van der Waals surface area contributed by atoms with Crippen LogP contribution in [0.2, 0.25) is 0 Å². The second-order valence-corrected chi connectivity index (χ2v) is 5.70. The van der Waals surface area contributed by atoms with Gasteiger partial charge in [0.25, 0.3) is 0 Å². The standard InChI is InChI=1S/C14H24N2O3/c1-2-11(13(17)18)15-14(19)16-9-5-7-10-6-3-4-8-12(10)16/h10-12H,2-9H2,1H3,(H,15,19)(H,17,18)/t10-,11?,12-/m1/s1. The molecule has 2 amide bonds. The van der Waals surface area contributed by atoms with E-state index in [1.165, 1.54) is 25.7 Å². The van der Waals surface area contributed by atoms with Gasteiger partial charge in [0.1, 0.15) is 6.04 Å². The van der Waals surface area contributed by atoms with Crippen molar-refractivity contribution in [2.75, 3.05) is 6.54 Å². The summed E-state index contributed by atoms with van der Waals surface area (Å²) in [6, 6.07) is -0.629. The normalized spacial score (nSPS) is 28.4. The molecule has 108 valence electrons. The van der Waals surface area contributed by atoms with Crippen molar-refractivity contribution in [3.63, 3.8) is 0 Å². The van der Waals surface area contributed by atoms with E-state index < -0.39 is 12.0 Å². The number of carboxylic acids is 1. The molecule has 0 bridgehead atoms. The molecule has 5 nitrogen and oxygen atoms in total. The zero-order valence-electron chi connectivity index (χ0n) is 11.6. The number of fused-ring (bicyclic) bond motifs is 1. The summed E-state index contributed by atoms with van der Waals surface area (Å²) in [5, 5.41) is 11.7. The van der Waals surface area contributed by atoms with E-state index in [4.69, 9.17) is 5.11 Å². The Balaban J connectivity index is 1.98. The molecule has 1 aliphatic heterocycles. The van der Waals surface area contributed by atoms with Crippen molar-refractivity contribution >= 4 is 12.0 Å². The minimum Gasteiger partial charge on any atom is -0.480 e. The summed E-state index contributed by atoms with van der Waals surface area (Å²) in [5.41, 5.74) is 0. The van der Waals surface area contributed by atoms with Crippen LogP contribution in [0.3, 0.4) is 0 Å². The van der Waals surface area contributed by atoms with Crippen LogP contribution < -0.4 is 5.32 Å². The summed E-state index contributed by atoms with van der Waals surface area (Å²) in [6.07, 6.45) is 7.41. The van der Waals surface area contributed by atoms with Crippen molar-refractivity contribution in [1.82, 2.24) is 10.2 Å². The van der Waals surface area contributed by atoms with Gasteiger partial charge in [0.05, 0.1) is 0 Å². The fourth-order valence-electron chi connectivity index (χ4n) is 3.45. The fourth-order valence-corrected chi connectivity index (χ4v) is 3.45. The monoisotopic (exact) mass is 268 g/mol. The van der Waals surface area contributed by atoms with E-state index in [9.17, 15) is 9.59 Å². The van der Waals surface area contributed by atoms with E-state index >= 15 is 0 Å². The number of piperidine rings is 1. The molecule has 2 N–H and O–H groups in total. The zero-order chi connectivity index (χ0) is 13.8. The van der Waals surface area contributed by atoms with Crippen molar-refractivity contribution in [1.29, 1.82) is 0 Å². The van der Waals surface area contributed by atoms with Gasteiger partial charge in [0.2, 0.25) is 0 Å². The predicted molar refractivity (Wildman–Crippen MR) is 71.9 cm³/mol. The third kappa shape index (κ3) is 3.19. The lowest BCUT2D eigenvalue weighted by atomic mass is 9.78. The number of hydrogen-bond donors (Lipinski definition) is 2. The molecule has 1 saturated heterocycles. The average Bonchev–Trinajstić information content (AvgIpc) is 2.43. The van der Waals surface area contributed by atoms with Gasteiger partial charge >= 0.3 is 12.0 Å². The van der Waals surface area contributed by atoms with E-state index in [-0.39, 0.29) is 6.03 Å². The largest absolute Gasteiger partial charge is 0.480 e. The number of urea groups is 1. The second-order valence-electron chi connectivity index (χ2n) is 5.70. The Kier molecular flexibility index (Phi) is 4.66. The minimum atomic E-state index is -0.951. The maximum atomic E-state index is 12.3. The average molecular weight is 268 g/mol. The van der Waals surface area contributed by atoms with Crippen molar-refractivity contribution in [2.24, 2.45) is 5.92 Å². The highest BCUT2D eigenvalue weighted by Crippen LogP contribution is 2.35. The summed E-state index contributed by atoms with van der Waals surface area (Å²) in [7, 11) is 0. The van der Waals surface area contributed by atoms with Gasteiger partial charge in [-0.15, -0.1) is 0 Å². The molecule has 1 saturated carbocycles. The highest BCUT2D eigenvalue weighted by atomic mass is 16.4. The summed E-state index contributed by atoms with van der Waals surface area (Å²) in [4.78, 5) is 25.2. The molecule has 0 spiro atoms. The van der Waals surface area contributed by atoms with Gasteiger partial charge in [0.15, 0.2) is 0 Å². The molecule has 1 heterocycles. The van der Waals surface area contributed by atoms with Gasteiger partial charge in [-0.3, -0.25) is 0 Å². The van der Waals surface area contributed by atoms with Crippen LogP contribution in [0, 0.1) is 5.92 Å². The highest BCUT2D eigenvalue weighted by molar-refractivity contribution is 5.82. The van der Waals surface area contributed by atoms with Crippen LogP contribution in [0.15, 0.2) is 0 Å². The van der Waals surface area contributed by atoms with Crippen molar-refractivity contribution in [3.05, 3.63) is 0 Å². The number of carboxylic acid groups (broad SMARTS) is 1. The lowest BCUT2D eigenvalue weighted by Gasteiger charge is -2.44. The number of carbonyl (C=O) groups excluding carboxylic acids is 1. The van der Waals surface area contributed by atoms with Crippen LogP contribution in [0.1, 0.15) is 51.9 Å². The Hall–Kier alpha value is -1.26. The van der Waals surface area contributed by atoms with E-state index in [0.29, 0.717) is 18.4 Å². The number of nitrogens with zero attached hydrogens (tertiary/aromatic N) is 1. The van der Waals surface area contributed by atoms with Gasteiger partial charge in [0, 0.05) is 12.6 Å². The number of nitrogens with one attached hydrogen (secondary N) is 1. The van der Waals surface area contributed by atoms with Crippen LogP contribution in [0.25, 0.3) is 0 Å². The first-order valence-electron chi connectivity index (χ1n) is 7.43. The van der Waals surface area contributed by atoms with Crippen LogP contribution >= 0.6 is 0 Å². The lowest BCUT2D eigenvalue weighted by molar-refractivity contribution is -0.139. The molecule has 2 rings (SSSR count). The molecule has 0 aromatic rings. The summed E-state index contributed by atoms with van der Waals surface area (Å²) in [6.45, 7) is 2.54. The molecule has 1 aliphatic carbocycles. The molecule has 0 aromatic carbocycles. The van der Waals surface area contributed by atoms with Crippen LogP contribution in [0.5, 0.6) is 0 Å². The third-order valence-corrected chi connectivity index (χ3v) is 4.51. The number of amides is 2. The van der Waals surface area contributed by atoms with E-state index in [1.54, 1.807) is 6.92 Å². The topological polar surface area (TPSA) is 69.6 Å². The Morgan fingerprint density at radius 3 is 2.63 bits per heavy atom. The molecule has 0 aromatic heterocycles. The summed E-state index contributed by atoms with van der Waals surface area (Å²) in [5.74, 6) is -0.328. The molecule has 19 heavy (non-hydrogen) atoms. The Morgan fingerprint density at radius 2 is 1.95 bits per heavy atom. The van der Waals surface area contributed by atoms with Crippen LogP contribution in [0.4, 0.5) is 4.79 Å². The molecule has 2 fully saturated rings. The number of likely N-dealkylation sites (tertiary alicyclic amines) is 1. The summed E-state index contributed by atoms with van der Waals surface area (Å²) >= 11 is 0. The minimum absolute atomic E-state index is 0.189. The predicted octanol–water partition coefficient (Wildman–Crippen LogP) is 2.21. The number of carbonyl (C=O) groups is 2. The molecule has 1 unspecified atom stereocenters. The SMILES string of the molecule is CCC(NC(=O)N1CCC[C@H]2CCCC[C@H]21)C(=O)O. The lowest BCUT2D eigenvalue weighted by Crippen LogP contribution is -2.55. The number of rotatable bonds is 3. The van der Waals surface area contributed by atoms with Gasteiger partial charge < -0.3 is 15.3 Å². The zero-order valence-corrected chi connectivity index (χ0v) is 11.6. The van der Waals surface area contributed by atoms with Crippen molar-refractivity contribution in [3.8, 4) is 0 Å².